The Kier molecular flexibility index (Phi) is 3.83. The minimum absolute atomic E-state index is 0.0244. The number of hydrogen-bond donors (Lipinski definition) is 1. The van der Waals surface area contributed by atoms with Crippen LogP contribution in [-0.2, 0) is 24.7 Å². The van der Waals surface area contributed by atoms with Gasteiger partial charge in [-0.25, -0.2) is 0 Å². The van der Waals surface area contributed by atoms with Crippen LogP contribution in [0.15, 0.2) is 4.47 Å². The number of ketones is 1. The highest BCUT2D eigenvalue weighted by molar-refractivity contribution is 9.10. The fourth-order valence-corrected chi connectivity index (χ4v) is 2.03. The first kappa shape index (κ1) is 11.4. The Morgan fingerprint density at radius 3 is 2.71 bits per heavy atom. The van der Waals surface area contributed by atoms with Crippen molar-refractivity contribution in [3.05, 3.63) is 15.9 Å². The lowest BCUT2D eigenvalue weighted by molar-refractivity contribution is -0.117. The highest BCUT2D eigenvalue weighted by atomic mass is 79.9. The molecule has 0 aliphatic carbocycles. The van der Waals surface area contributed by atoms with E-state index in [0.29, 0.717) is 6.42 Å². The minimum atomic E-state index is 0.0244. The third kappa shape index (κ3) is 2.22. The van der Waals surface area contributed by atoms with Gasteiger partial charge in [0.2, 0.25) is 0 Å². The molecular weight excluding hydrogens is 246 g/mol. The lowest BCUT2D eigenvalue weighted by Crippen LogP contribution is -2.17. The van der Waals surface area contributed by atoms with E-state index in [2.05, 4.69) is 21.0 Å². The van der Waals surface area contributed by atoms with Gasteiger partial charge in [0, 0.05) is 7.05 Å². The largest absolute Gasteiger partial charge is 0.324 e. The van der Waals surface area contributed by atoms with Crippen LogP contribution in [0, 0.1) is 0 Å². The van der Waals surface area contributed by atoms with E-state index >= 15 is 0 Å². The van der Waals surface area contributed by atoms with Crippen molar-refractivity contribution in [2.45, 2.75) is 19.8 Å². The summed E-state index contributed by atoms with van der Waals surface area (Å²) in [6.45, 7) is 2.11. The number of rotatable bonds is 4. The molecule has 4 nitrogen and oxygen atoms in total. The van der Waals surface area contributed by atoms with Gasteiger partial charge in [-0.15, -0.1) is 0 Å². The van der Waals surface area contributed by atoms with Crippen LogP contribution in [0.5, 0.6) is 0 Å². The molecule has 0 amide bonds. The molecule has 0 aliphatic rings. The Hall–Kier alpha value is -0.680. The Bertz CT molecular complexity index is 346. The number of Topliss-reactive ketones (excluding diaryl/α,β-unsaturated/α-hetero) is 1. The van der Waals surface area contributed by atoms with E-state index in [1.165, 1.54) is 0 Å². The van der Waals surface area contributed by atoms with Crippen molar-refractivity contribution in [3.8, 4) is 0 Å². The van der Waals surface area contributed by atoms with Crippen LogP contribution in [0.3, 0.4) is 0 Å². The molecule has 0 spiro atoms. The fraction of sp³-hybridized carbons (Fsp3) is 0.556. The fourth-order valence-electron chi connectivity index (χ4n) is 1.27. The average Bonchev–Trinajstić information content (AvgIpc) is 2.44. The molecule has 14 heavy (non-hydrogen) atoms. The first-order valence-corrected chi connectivity index (χ1v) is 5.31. The monoisotopic (exact) mass is 259 g/mol. The summed E-state index contributed by atoms with van der Waals surface area (Å²) in [7, 11) is 1.84. The zero-order valence-electron chi connectivity index (χ0n) is 8.38. The van der Waals surface area contributed by atoms with Gasteiger partial charge < -0.3 is 5.73 Å². The predicted octanol–water partition coefficient (Wildman–Crippen LogP) is 0.815. The molecule has 0 saturated carbocycles. The maximum Gasteiger partial charge on any atom is 0.152 e. The SMILES string of the molecule is CCc1nn(C)c(CC(=O)CN)c1Br. The summed E-state index contributed by atoms with van der Waals surface area (Å²) in [5.41, 5.74) is 7.14. The van der Waals surface area contributed by atoms with Crippen molar-refractivity contribution in [2.24, 2.45) is 12.8 Å². The van der Waals surface area contributed by atoms with Crippen LogP contribution in [-0.4, -0.2) is 22.1 Å². The maximum absolute atomic E-state index is 11.2. The Morgan fingerprint density at radius 1 is 1.64 bits per heavy atom. The molecule has 0 aromatic carbocycles. The molecule has 1 rings (SSSR count). The van der Waals surface area contributed by atoms with Gasteiger partial charge in [-0.1, -0.05) is 6.92 Å². The van der Waals surface area contributed by atoms with Crippen LogP contribution < -0.4 is 5.73 Å². The van der Waals surface area contributed by atoms with Gasteiger partial charge in [0.25, 0.3) is 0 Å². The number of aryl methyl sites for hydroxylation is 2. The Balaban J connectivity index is 2.96. The number of carbonyl (C=O) groups excluding carboxylic acids is 1. The van der Waals surface area contributed by atoms with Gasteiger partial charge >= 0.3 is 0 Å². The summed E-state index contributed by atoms with van der Waals surface area (Å²) in [4.78, 5) is 11.2. The van der Waals surface area contributed by atoms with Gasteiger partial charge in [0.05, 0.1) is 28.8 Å². The molecule has 1 aromatic rings. The lowest BCUT2D eigenvalue weighted by atomic mass is 10.2. The first-order valence-electron chi connectivity index (χ1n) is 4.52. The summed E-state index contributed by atoms with van der Waals surface area (Å²) in [6, 6.07) is 0. The van der Waals surface area contributed by atoms with Crippen LogP contribution >= 0.6 is 15.9 Å². The normalized spacial score (nSPS) is 10.6. The van der Waals surface area contributed by atoms with E-state index in [4.69, 9.17) is 5.73 Å². The molecule has 0 atom stereocenters. The molecule has 0 bridgehead atoms. The van der Waals surface area contributed by atoms with Crippen LogP contribution in [0.2, 0.25) is 0 Å². The van der Waals surface area contributed by atoms with Crippen molar-refractivity contribution >= 4 is 21.7 Å². The highest BCUT2D eigenvalue weighted by Crippen LogP contribution is 2.21. The molecular formula is C9H14BrN3O. The van der Waals surface area contributed by atoms with Crippen molar-refractivity contribution < 1.29 is 4.79 Å². The average molecular weight is 260 g/mol. The van der Waals surface area contributed by atoms with Gasteiger partial charge in [-0.3, -0.25) is 9.48 Å². The molecule has 0 fully saturated rings. The molecule has 1 heterocycles. The lowest BCUT2D eigenvalue weighted by Gasteiger charge is -2.00. The number of carbonyl (C=O) groups is 1. The maximum atomic E-state index is 11.2. The molecule has 78 valence electrons. The van der Waals surface area contributed by atoms with Gasteiger partial charge in [0.1, 0.15) is 0 Å². The molecule has 0 unspecified atom stereocenters. The Morgan fingerprint density at radius 2 is 2.29 bits per heavy atom. The molecule has 0 aliphatic heterocycles. The summed E-state index contributed by atoms with van der Waals surface area (Å²) >= 11 is 3.44. The quantitative estimate of drug-likeness (QED) is 0.871. The smallest absolute Gasteiger partial charge is 0.152 e. The molecule has 2 N–H and O–H groups in total. The van der Waals surface area contributed by atoms with Crippen LogP contribution in [0.1, 0.15) is 18.3 Å². The minimum Gasteiger partial charge on any atom is -0.324 e. The third-order valence-corrected chi connectivity index (χ3v) is 3.01. The number of hydrogen-bond acceptors (Lipinski definition) is 3. The zero-order chi connectivity index (χ0) is 10.7. The van der Waals surface area contributed by atoms with Crippen molar-refractivity contribution in [1.82, 2.24) is 9.78 Å². The van der Waals surface area contributed by atoms with E-state index in [9.17, 15) is 4.79 Å². The second-order valence-corrected chi connectivity index (χ2v) is 3.90. The van der Waals surface area contributed by atoms with E-state index in [-0.39, 0.29) is 12.3 Å². The number of halogens is 1. The number of nitrogens with zero attached hydrogens (tertiary/aromatic N) is 2. The summed E-state index contributed by atoms with van der Waals surface area (Å²) in [5, 5.41) is 4.29. The van der Waals surface area contributed by atoms with Gasteiger partial charge in [-0.2, -0.15) is 5.10 Å². The van der Waals surface area contributed by atoms with Gasteiger partial charge in [0.15, 0.2) is 5.78 Å². The number of aromatic nitrogens is 2. The van der Waals surface area contributed by atoms with E-state index in [1.807, 2.05) is 14.0 Å². The van der Waals surface area contributed by atoms with E-state index in [1.54, 1.807) is 4.68 Å². The summed E-state index contributed by atoms with van der Waals surface area (Å²) in [6.07, 6.45) is 1.20. The summed E-state index contributed by atoms with van der Waals surface area (Å²) in [5.74, 6) is 0.0244. The topological polar surface area (TPSA) is 60.9 Å². The molecule has 0 radical (unpaired) electrons. The first-order chi connectivity index (χ1) is 6.60. The van der Waals surface area contributed by atoms with Crippen molar-refractivity contribution in [1.29, 1.82) is 0 Å². The second-order valence-electron chi connectivity index (χ2n) is 3.10. The predicted molar refractivity (Wildman–Crippen MR) is 58.1 cm³/mol. The van der Waals surface area contributed by atoms with Crippen LogP contribution in [0.25, 0.3) is 0 Å². The highest BCUT2D eigenvalue weighted by Gasteiger charge is 2.14. The standard InChI is InChI=1S/C9H14BrN3O/c1-3-7-9(10)8(13(2)12-7)4-6(14)5-11/h3-5,11H2,1-2H3. The van der Waals surface area contributed by atoms with Crippen molar-refractivity contribution in [3.63, 3.8) is 0 Å². The zero-order valence-corrected chi connectivity index (χ0v) is 9.97. The second kappa shape index (κ2) is 4.70. The molecule has 1 aromatic heterocycles. The third-order valence-electron chi connectivity index (χ3n) is 2.10. The Labute approximate surface area is 91.6 Å². The number of nitrogens with two attached hydrogens (primary N) is 1. The summed E-state index contributed by atoms with van der Waals surface area (Å²) < 4.78 is 2.67. The van der Waals surface area contributed by atoms with E-state index in [0.717, 1.165) is 22.3 Å². The molecule has 5 heteroatoms. The molecule has 0 saturated heterocycles. The van der Waals surface area contributed by atoms with Gasteiger partial charge in [-0.05, 0) is 22.4 Å². The van der Waals surface area contributed by atoms with Crippen molar-refractivity contribution in [2.75, 3.05) is 6.54 Å². The van der Waals surface area contributed by atoms with Crippen LogP contribution in [0.4, 0.5) is 0 Å². The van der Waals surface area contributed by atoms with E-state index < -0.39 is 0 Å².